The van der Waals surface area contributed by atoms with Crippen molar-refractivity contribution in [3.05, 3.63) is 47.9 Å². The van der Waals surface area contributed by atoms with Gasteiger partial charge in [-0.3, -0.25) is 4.99 Å². The molecule has 0 bridgehead atoms. The average Bonchev–Trinajstić information content (AvgIpc) is 3.18. The van der Waals surface area contributed by atoms with Gasteiger partial charge in [-0.25, -0.2) is 9.37 Å². The molecule has 1 saturated heterocycles. The number of hydrogen-bond acceptors (Lipinski definition) is 6. The highest BCUT2D eigenvalue weighted by molar-refractivity contribution is 6.06. The second kappa shape index (κ2) is 10.2. The fourth-order valence-electron chi connectivity index (χ4n) is 2.51. The fraction of sp³-hybridized carbons (Fsp3) is 0.389. The van der Waals surface area contributed by atoms with E-state index in [9.17, 15) is 4.39 Å². The predicted molar refractivity (Wildman–Crippen MR) is 104 cm³/mol. The molecule has 1 aliphatic heterocycles. The Hall–Kier alpha value is -2.90. The molecule has 0 saturated carbocycles. The first-order chi connectivity index (χ1) is 12.6. The lowest BCUT2D eigenvalue weighted by molar-refractivity contribution is 0.487. The molecule has 1 aromatic heterocycles. The molecule has 1 fully saturated rings. The number of alkyl halides is 1. The lowest BCUT2D eigenvalue weighted by Crippen LogP contribution is -2.19. The molecule has 0 aliphatic carbocycles. The van der Waals surface area contributed by atoms with E-state index in [0.717, 1.165) is 18.9 Å². The van der Waals surface area contributed by atoms with Crippen molar-refractivity contribution in [3.63, 3.8) is 0 Å². The summed E-state index contributed by atoms with van der Waals surface area (Å²) < 4.78 is 11.9. The van der Waals surface area contributed by atoms with E-state index < -0.39 is 6.67 Å². The molecule has 2 rings (SSSR count). The molecule has 8 heteroatoms. The third-order valence-corrected chi connectivity index (χ3v) is 3.87. The largest absolute Gasteiger partial charge is 0.400 e. The summed E-state index contributed by atoms with van der Waals surface area (Å²) in [5, 5.41) is 10.9. The number of hydrogen-bond donors (Lipinski definition) is 4. The maximum Gasteiger partial charge on any atom is 0.128 e. The minimum atomic E-state index is -0.451. The van der Waals surface area contributed by atoms with Crippen molar-refractivity contribution in [2.24, 2.45) is 16.5 Å². The lowest BCUT2D eigenvalue weighted by Gasteiger charge is -2.16. The van der Waals surface area contributed by atoms with Crippen LogP contribution in [0.3, 0.4) is 0 Å². The van der Waals surface area contributed by atoms with Crippen molar-refractivity contribution in [2.45, 2.75) is 12.8 Å². The molecule has 1 aromatic rings. The van der Waals surface area contributed by atoms with Crippen molar-refractivity contribution in [1.82, 2.24) is 10.3 Å². The van der Waals surface area contributed by atoms with Gasteiger partial charge in [-0.05, 0) is 37.1 Å². The van der Waals surface area contributed by atoms with E-state index in [4.69, 9.17) is 16.9 Å². The molecule has 0 aromatic carbocycles. The van der Waals surface area contributed by atoms with Gasteiger partial charge in [0.2, 0.25) is 0 Å². The zero-order valence-corrected chi connectivity index (χ0v) is 14.8. The van der Waals surface area contributed by atoms with Crippen LogP contribution in [-0.4, -0.2) is 49.4 Å². The number of amidine groups is 1. The summed E-state index contributed by atoms with van der Waals surface area (Å²) in [5.74, 6) is 1.22. The van der Waals surface area contributed by atoms with Gasteiger partial charge >= 0.3 is 0 Å². The van der Waals surface area contributed by atoms with Crippen LogP contribution >= 0.6 is 0 Å². The SMILES string of the molecule is N=C(C=C(N)CN=C(N)/C=C\NCCF)c1ccc(N2CCCC2)nc1. The number of nitrogens with two attached hydrogens (primary N) is 2. The number of halogens is 1. The summed E-state index contributed by atoms with van der Waals surface area (Å²) in [6.07, 6.45) is 8.71. The maximum absolute atomic E-state index is 11.9. The molecule has 0 spiro atoms. The molecule has 140 valence electrons. The molecule has 1 aliphatic rings. The molecule has 0 radical (unpaired) electrons. The zero-order valence-electron chi connectivity index (χ0n) is 14.8. The number of pyridine rings is 1. The van der Waals surface area contributed by atoms with Crippen molar-refractivity contribution < 1.29 is 4.39 Å². The number of allylic oxidation sites excluding steroid dienone is 1. The Morgan fingerprint density at radius 1 is 1.35 bits per heavy atom. The van der Waals surface area contributed by atoms with Gasteiger partial charge in [0.1, 0.15) is 18.3 Å². The number of rotatable bonds is 9. The third kappa shape index (κ3) is 6.19. The van der Waals surface area contributed by atoms with Gasteiger partial charge in [0.15, 0.2) is 0 Å². The summed E-state index contributed by atoms with van der Waals surface area (Å²) in [7, 11) is 0. The van der Waals surface area contributed by atoms with Crippen LogP contribution in [0, 0.1) is 5.41 Å². The first kappa shape index (κ1) is 19.4. The Kier molecular flexibility index (Phi) is 7.60. The smallest absolute Gasteiger partial charge is 0.128 e. The first-order valence-electron chi connectivity index (χ1n) is 8.62. The van der Waals surface area contributed by atoms with Crippen LogP contribution < -0.4 is 21.7 Å². The van der Waals surface area contributed by atoms with Crippen LogP contribution in [0.25, 0.3) is 0 Å². The zero-order chi connectivity index (χ0) is 18.8. The van der Waals surface area contributed by atoms with Gasteiger partial charge in [-0.15, -0.1) is 0 Å². The topological polar surface area (TPSA) is 116 Å². The lowest BCUT2D eigenvalue weighted by atomic mass is 10.1. The monoisotopic (exact) mass is 359 g/mol. The Morgan fingerprint density at radius 3 is 2.77 bits per heavy atom. The van der Waals surface area contributed by atoms with Gasteiger partial charge in [-0.2, -0.15) is 0 Å². The van der Waals surface area contributed by atoms with Crippen LogP contribution in [0.4, 0.5) is 10.2 Å². The highest BCUT2D eigenvalue weighted by Gasteiger charge is 2.13. The van der Waals surface area contributed by atoms with Crippen molar-refractivity contribution >= 4 is 17.4 Å². The summed E-state index contributed by atoms with van der Waals surface area (Å²) in [4.78, 5) is 10.8. The summed E-state index contributed by atoms with van der Waals surface area (Å²) >= 11 is 0. The number of anilines is 1. The van der Waals surface area contributed by atoms with Crippen molar-refractivity contribution in [2.75, 3.05) is 37.8 Å². The van der Waals surface area contributed by atoms with Crippen LogP contribution in [0.15, 0.2) is 47.4 Å². The molecule has 7 nitrogen and oxygen atoms in total. The van der Waals surface area contributed by atoms with Gasteiger partial charge in [-0.1, -0.05) is 0 Å². The first-order valence-corrected chi connectivity index (χ1v) is 8.62. The van der Waals surface area contributed by atoms with Gasteiger partial charge in [0, 0.05) is 43.3 Å². The summed E-state index contributed by atoms with van der Waals surface area (Å²) in [6, 6.07) is 3.81. The maximum atomic E-state index is 11.9. The van der Waals surface area contributed by atoms with Gasteiger partial charge in [0.25, 0.3) is 0 Å². The Labute approximate surface area is 153 Å². The summed E-state index contributed by atoms with van der Waals surface area (Å²) in [6.45, 7) is 2.03. The minimum absolute atomic E-state index is 0.182. The van der Waals surface area contributed by atoms with E-state index in [2.05, 4.69) is 20.2 Å². The quantitative estimate of drug-likeness (QED) is 0.301. The second-order valence-corrected chi connectivity index (χ2v) is 5.95. The molecule has 0 amide bonds. The number of nitrogens with zero attached hydrogens (tertiary/aromatic N) is 3. The van der Waals surface area contributed by atoms with Crippen LogP contribution in [0.2, 0.25) is 0 Å². The van der Waals surface area contributed by atoms with Crippen molar-refractivity contribution in [3.8, 4) is 0 Å². The molecule has 6 N–H and O–H groups in total. The van der Waals surface area contributed by atoms with Crippen molar-refractivity contribution in [1.29, 1.82) is 5.41 Å². The molecular formula is C18H26FN7. The normalized spacial score (nSPS) is 15.7. The third-order valence-electron chi connectivity index (χ3n) is 3.87. The minimum Gasteiger partial charge on any atom is -0.400 e. The van der Waals surface area contributed by atoms with Gasteiger partial charge < -0.3 is 27.1 Å². The highest BCUT2D eigenvalue weighted by Crippen LogP contribution is 2.17. The van der Waals surface area contributed by atoms with E-state index in [0.29, 0.717) is 11.3 Å². The standard InChI is InChI=1S/C18H26FN7/c19-6-8-23-7-5-17(22)24-13-15(20)11-16(21)14-3-4-18(25-12-14)26-9-1-2-10-26/h3-5,7,11-12,21,23H,1-2,6,8-10,13,20H2,(H2,22,24)/b7-5-,15-11?,21-16?. The number of aliphatic imine (C=N–C) groups is 1. The second-order valence-electron chi connectivity index (χ2n) is 5.95. The predicted octanol–water partition coefficient (Wildman–Crippen LogP) is 1.32. The molecule has 2 heterocycles. The molecule has 0 atom stereocenters. The fourth-order valence-corrected chi connectivity index (χ4v) is 2.51. The molecular weight excluding hydrogens is 333 g/mol. The van der Waals surface area contributed by atoms with E-state index in [1.807, 2.05) is 12.1 Å². The number of nitrogens with one attached hydrogen (secondary N) is 2. The average molecular weight is 359 g/mol. The van der Waals surface area contributed by atoms with Crippen LogP contribution in [0.1, 0.15) is 18.4 Å². The van der Waals surface area contributed by atoms with Crippen LogP contribution in [-0.2, 0) is 0 Å². The molecule has 26 heavy (non-hydrogen) atoms. The highest BCUT2D eigenvalue weighted by atomic mass is 19.1. The van der Waals surface area contributed by atoms with E-state index in [1.165, 1.54) is 25.1 Å². The van der Waals surface area contributed by atoms with E-state index in [-0.39, 0.29) is 24.6 Å². The Balaban J connectivity index is 1.89. The van der Waals surface area contributed by atoms with E-state index >= 15 is 0 Å². The molecule has 0 unspecified atom stereocenters. The van der Waals surface area contributed by atoms with Crippen LogP contribution in [0.5, 0.6) is 0 Å². The Morgan fingerprint density at radius 2 is 2.12 bits per heavy atom. The Bertz CT molecular complexity index is 673. The number of aromatic nitrogens is 1. The summed E-state index contributed by atoms with van der Waals surface area (Å²) in [5.41, 5.74) is 13.0. The van der Waals surface area contributed by atoms with Gasteiger partial charge in [0.05, 0.1) is 12.3 Å². The van der Waals surface area contributed by atoms with E-state index in [1.54, 1.807) is 12.3 Å².